The lowest BCUT2D eigenvalue weighted by molar-refractivity contribution is 1.07. The summed E-state index contributed by atoms with van der Waals surface area (Å²) in [5, 5.41) is 0.632. The fraction of sp³-hybridized carbons (Fsp3) is 0. The van der Waals surface area contributed by atoms with E-state index in [1.165, 1.54) is 0 Å². The number of rotatable bonds is 5. The minimum absolute atomic E-state index is 0.570. The molecule has 1 heterocycles. The average Bonchev–Trinajstić information content (AvgIpc) is 2.98. The highest BCUT2D eigenvalue weighted by atomic mass is 35.5. The van der Waals surface area contributed by atoms with Gasteiger partial charge in [0.1, 0.15) is 0 Å². The van der Waals surface area contributed by atoms with Crippen LogP contribution in [0.3, 0.4) is 0 Å². The van der Waals surface area contributed by atoms with Crippen molar-refractivity contribution in [3.05, 3.63) is 132 Å². The van der Waals surface area contributed by atoms with Crippen molar-refractivity contribution in [2.45, 2.75) is 0 Å². The number of nitrogens with zero attached hydrogens (tertiary/aromatic N) is 3. The molecule has 0 radical (unpaired) electrons. The van der Waals surface area contributed by atoms with Gasteiger partial charge in [0.05, 0.1) is 0 Å². The highest BCUT2D eigenvalue weighted by Crippen LogP contribution is 2.36. The second-order valence-corrected chi connectivity index (χ2v) is 9.33. The molecule has 0 aliphatic heterocycles. The fourth-order valence-corrected chi connectivity index (χ4v) is 4.67. The third kappa shape index (κ3) is 4.77. The fourth-order valence-electron chi connectivity index (χ4n) is 4.49. The second-order valence-electron chi connectivity index (χ2n) is 8.90. The molecule has 182 valence electrons. The second kappa shape index (κ2) is 10.3. The van der Waals surface area contributed by atoms with Crippen molar-refractivity contribution < 1.29 is 0 Å². The Morgan fingerprint density at radius 2 is 0.921 bits per heavy atom. The zero-order valence-electron chi connectivity index (χ0n) is 20.4. The first-order chi connectivity index (χ1) is 18.7. The lowest BCUT2D eigenvalue weighted by Gasteiger charge is -2.14. The summed E-state index contributed by atoms with van der Waals surface area (Å²) in [6.07, 6.45) is 0. The van der Waals surface area contributed by atoms with Crippen LogP contribution in [0, 0.1) is 0 Å². The topological polar surface area (TPSA) is 64.7 Å². The van der Waals surface area contributed by atoms with Crippen molar-refractivity contribution in [1.29, 1.82) is 0 Å². The quantitative estimate of drug-likeness (QED) is 0.236. The molecule has 0 spiro atoms. The van der Waals surface area contributed by atoms with Gasteiger partial charge in [0, 0.05) is 27.4 Å². The largest absolute Gasteiger partial charge is 0.399 e. The molecule has 6 aromatic rings. The summed E-state index contributed by atoms with van der Waals surface area (Å²) in [7, 11) is 0. The minimum Gasteiger partial charge on any atom is -0.399 e. The Kier molecular flexibility index (Phi) is 6.39. The van der Waals surface area contributed by atoms with Crippen LogP contribution in [0.1, 0.15) is 0 Å². The molecular formula is C33H23ClN4. The Bertz CT molecular complexity index is 1720. The molecule has 0 atom stereocenters. The summed E-state index contributed by atoms with van der Waals surface area (Å²) < 4.78 is 0. The maximum absolute atomic E-state index is 6.45. The first-order valence-electron chi connectivity index (χ1n) is 12.3. The molecule has 5 heteroatoms. The first kappa shape index (κ1) is 23.6. The predicted octanol–water partition coefficient (Wildman–Crippen LogP) is 8.44. The van der Waals surface area contributed by atoms with Gasteiger partial charge in [-0.05, 0) is 52.6 Å². The van der Waals surface area contributed by atoms with E-state index in [9.17, 15) is 0 Å². The molecule has 2 N–H and O–H groups in total. The number of nitrogen functional groups attached to an aromatic ring is 1. The minimum atomic E-state index is 0.570. The van der Waals surface area contributed by atoms with E-state index in [1.807, 2.05) is 103 Å². The Labute approximate surface area is 226 Å². The molecular weight excluding hydrogens is 488 g/mol. The van der Waals surface area contributed by atoms with Crippen LogP contribution >= 0.6 is 11.6 Å². The molecule has 0 aliphatic carbocycles. The molecule has 0 amide bonds. The van der Waals surface area contributed by atoms with Gasteiger partial charge in [-0.3, -0.25) is 0 Å². The highest BCUT2D eigenvalue weighted by molar-refractivity contribution is 6.31. The van der Waals surface area contributed by atoms with Gasteiger partial charge in [-0.1, -0.05) is 109 Å². The summed E-state index contributed by atoms with van der Waals surface area (Å²) in [6, 6.07) is 41.9. The van der Waals surface area contributed by atoms with E-state index < -0.39 is 0 Å². The zero-order valence-corrected chi connectivity index (χ0v) is 21.2. The van der Waals surface area contributed by atoms with E-state index in [4.69, 9.17) is 32.3 Å². The van der Waals surface area contributed by atoms with E-state index in [-0.39, 0.29) is 0 Å². The summed E-state index contributed by atoms with van der Waals surface area (Å²) in [6.45, 7) is 0. The predicted molar refractivity (Wildman–Crippen MR) is 156 cm³/mol. The first-order valence-corrected chi connectivity index (χ1v) is 12.7. The number of benzene rings is 5. The van der Waals surface area contributed by atoms with Gasteiger partial charge in [-0.15, -0.1) is 0 Å². The zero-order chi connectivity index (χ0) is 25.9. The summed E-state index contributed by atoms with van der Waals surface area (Å²) in [5.41, 5.74) is 13.4. The van der Waals surface area contributed by atoms with Crippen LogP contribution in [-0.4, -0.2) is 15.0 Å². The van der Waals surface area contributed by atoms with Gasteiger partial charge in [0.2, 0.25) is 0 Å². The van der Waals surface area contributed by atoms with E-state index in [0.29, 0.717) is 28.2 Å². The number of hydrogen-bond acceptors (Lipinski definition) is 4. The normalized spacial score (nSPS) is 10.9. The molecule has 38 heavy (non-hydrogen) atoms. The van der Waals surface area contributed by atoms with E-state index in [1.54, 1.807) is 0 Å². The van der Waals surface area contributed by atoms with Gasteiger partial charge in [0.15, 0.2) is 17.5 Å². The van der Waals surface area contributed by atoms with Crippen molar-refractivity contribution in [1.82, 2.24) is 15.0 Å². The number of halogens is 1. The van der Waals surface area contributed by atoms with Crippen molar-refractivity contribution in [3.63, 3.8) is 0 Å². The summed E-state index contributed by atoms with van der Waals surface area (Å²) in [4.78, 5) is 14.9. The van der Waals surface area contributed by atoms with Crippen LogP contribution in [0.2, 0.25) is 5.02 Å². The number of hydrogen-bond donors (Lipinski definition) is 1. The van der Waals surface area contributed by atoms with E-state index >= 15 is 0 Å². The third-order valence-electron chi connectivity index (χ3n) is 6.36. The standard InChI is InChI=1S/C33H23ClN4/c34-25-17-20-29(30(21-25)23-15-18-26(35)19-16-23)33-37-31(24-11-5-2-6-12-24)36-32(38-33)28-14-8-7-13-27(28)22-9-3-1-4-10-22/h1-21H,35H2. The maximum atomic E-state index is 6.45. The Hall–Kier alpha value is -4.80. The summed E-state index contributed by atoms with van der Waals surface area (Å²) >= 11 is 6.45. The lowest BCUT2D eigenvalue weighted by atomic mass is 9.98. The maximum Gasteiger partial charge on any atom is 0.164 e. The van der Waals surface area contributed by atoms with Gasteiger partial charge in [-0.2, -0.15) is 0 Å². The van der Waals surface area contributed by atoms with Crippen LogP contribution < -0.4 is 5.73 Å². The smallest absolute Gasteiger partial charge is 0.164 e. The molecule has 6 rings (SSSR count). The SMILES string of the molecule is Nc1ccc(-c2cc(Cl)ccc2-c2nc(-c3ccccc3)nc(-c3ccccc3-c3ccccc3)n2)cc1. The molecule has 5 aromatic carbocycles. The molecule has 0 aliphatic rings. The van der Waals surface area contributed by atoms with Crippen LogP contribution in [0.15, 0.2) is 127 Å². The molecule has 0 saturated carbocycles. The van der Waals surface area contributed by atoms with E-state index in [2.05, 4.69) is 24.3 Å². The van der Waals surface area contributed by atoms with Gasteiger partial charge >= 0.3 is 0 Å². The average molecular weight is 511 g/mol. The van der Waals surface area contributed by atoms with Crippen molar-refractivity contribution in [2.24, 2.45) is 0 Å². The van der Waals surface area contributed by atoms with Crippen LogP contribution in [0.4, 0.5) is 5.69 Å². The van der Waals surface area contributed by atoms with Crippen molar-refractivity contribution in [3.8, 4) is 56.4 Å². The molecule has 0 fully saturated rings. The number of aromatic nitrogens is 3. The lowest BCUT2D eigenvalue weighted by Crippen LogP contribution is -2.02. The number of anilines is 1. The van der Waals surface area contributed by atoms with Gasteiger partial charge in [0.25, 0.3) is 0 Å². The molecule has 4 nitrogen and oxygen atoms in total. The Morgan fingerprint density at radius 1 is 0.421 bits per heavy atom. The third-order valence-corrected chi connectivity index (χ3v) is 6.60. The number of nitrogens with two attached hydrogens (primary N) is 1. The van der Waals surface area contributed by atoms with Gasteiger partial charge < -0.3 is 5.73 Å². The van der Waals surface area contributed by atoms with Gasteiger partial charge in [-0.25, -0.2) is 15.0 Å². The molecule has 0 bridgehead atoms. The monoisotopic (exact) mass is 510 g/mol. The van der Waals surface area contributed by atoms with Crippen LogP contribution in [-0.2, 0) is 0 Å². The highest BCUT2D eigenvalue weighted by Gasteiger charge is 2.18. The van der Waals surface area contributed by atoms with Crippen molar-refractivity contribution >= 4 is 17.3 Å². The van der Waals surface area contributed by atoms with Crippen LogP contribution in [0.25, 0.3) is 56.4 Å². The summed E-state index contributed by atoms with van der Waals surface area (Å²) in [5.74, 6) is 1.78. The Morgan fingerprint density at radius 3 is 1.58 bits per heavy atom. The van der Waals surface area contributed by atoms with Crippen LogP contribution in [0.5, 0.6) is 0 Å². The Balaban J connectivity index is 1.60. The molecule has 0 unspecified atom stereocenters. The van der Waals surface area contributed by atoms with Crippen molar-refractivity contribution in [2.75, 3.05) is 5.73 Å². The van der Waals surface area contributed by atoms with E-state index in [0.717, 1.165) is 38.9 Å². The molecule has 1 aromatic heterocycles. The molecule has 0 saturated heterocycles.